The maximum atomic E-state index is 14.0. The zero-order valence-electron chi connectivity index (χ0n) is 25.3. The number of alkyl carbamates (subject to hydrolysis) is 1. The molecule has 3 aliphatic rings. The van der Waals surface area contributed by atoms with Crippen molar-refractivity contribution < 1.29 is 24.2 Å². The highest BCUT2D eigenvalue weighted by Gasteiger charge is 2.54. The largest absolute Gasteiger partial charge is 0.494 e. The van der Waals surface area contributed by atoms with E-state index in [-0.39, 0.29) is 17.9 Å². The van der Waals surface area contributed by atoms with Crippen LogP contribution in [0.5, 0.6) is 5.75 Å². The summed E-state index contributed by atoms with van der Waals surface area (Å²) in [6, 6.07) is 13.3. The number of fused-ring (bicyclic) bond motifs is 4. The number of aliphatic hydroxyl groups excluding tert-OH is 1. The van der Waals surface area contributed by atoms with Crippen molar-refractivity contribution in [3.8, 4) is 17.3 Å². The minimum absolute atomic E-state index is 0.0584. The number of aliphatic hydroxyl groups is 1. The molecule has 1 aliphatic heterocycles. The number of piperidine rings is 1. The number of nitrogens with one attached hydrogen (secondary N) is 1. The summed E-state index contributed by atoms with van der Waals surface area (Å²) >= 11 is 0. The number of ether oxygens (including phenoxy) is 2. The van der Waals surface area contributed by atoms with Crippen LogP contribution in [0.4, 0.5) is 4.79 Å². The molecule has 2 N–H and O–H groups in total. The third kappa shape index (κ3) is 4.81. The first-order valence-corrected chi connectivity index (χ1v) is 15.1. The fraction of sp³-hybridized carbons (Fsp3) is 0.485. The maximum Gasteiger partial charge on any atom is 0.407 e. The van der Waals surface area contributed by atoms with Crippen LogP contribution >= 0.6 is 0 Å². The zero-order valence-corrected chi connectivity index (χ0v) is 25.3. The number of hydrogen-bond acceptors (Lipinski definition) is 6. The summed E-state index contributed by atoms with van der Waals surface area (Å²) in [5.41, 5.74) is 3.49. The normalized spacial score (nSPS) is 23.3. The number of para-hydroxylation sites is 1. The second-order valence-electron chi connectivity index (χ2n) is 13.4. The zero-order chi connectivity index (χ0) is 30.2. The Balaban J connectivity index is 1.23. The van der Waals surface area contributed by atoms with Crippen molar-refractivity contribution in [3.05, 3.63) is 48.0 Å². The van der Waals surface area contributed by atoms with Crippen LogP contribution in [0.15, 0.2) is 42.5 Å². The molecule has 2 bridgehead atoms. The fourth-order valence-electron chi connectivity index (χ4n) is 7.08. The van der Waals surface area contributed by atoms with Crippen LogP contribution in [0.25, 0.3) is 33.5 Å². The Kier molecular flexibility index (Phi) is 6.46. The molecule has 2 aromatic heterocycles. The van der Waals surface area contributed by atoms with Crippen molar-refractivity contribution in [2.75, 3.05) is 13.7 Å². The highest BCUT2D eigenvalue weighted by molar-refractivity contribution is 6.00. The Morgan fingerprint density at radius 2 is 1.91 bits per heavy atom. The first kappa shape index (κ1) is 27.8. The maximum absolute atomic E-state index is 14.0. The van der Waals surface area contributed by atoms with Crippen molar-refractivity contribution in [1.82, 2.24) is 24.3 Å². The first-order valence-electron chi connectivity index (χ1n) is 15.1. The molecule has 10 heteroatoms. The van der Waals surface area contributed by atoms with Crippen LogP contribution in [-0.4, -0.2) is 73.6 Å². The molecule has 0 unspecified atom stereocenters. The highest BCUT2D eigenvalue weighted by atomic mass is 16.6. The Bertz CT molecular complexity index is 1750. The number of methoxy groups -OCH3 is 1. The van der Waals surface area contributed by atoms with Gasteiger partial charge in [-0.2, -0.15) is 0 Å². The lowest BCUT2D eigenvalue weighted by molar-refractivity contribution is 0.0351. The molecular formula is C33H39N5O5. The molecule has 10 nitrogen and oxygen atoms in total. The Morgan fingerprint density at radius 3 is 2.63 bits per heavy atom. The molecule has 0 radical (unpaired) electrons. The molecule has 1 saturated heterocycles. The molecule has 2 amide bonds. The van der Waals surface area contributed by atoms with Gasteiger partial charge in [-0.1, -0.05) is 18.2 Å². The fourth-order valence-corrected chi connectivity index (χ4v) is 7.08. The molecule has 2 saturated carbocycles. The number of rotatable bonds is 6. The van der Waals surface area contributed by atoms with Gasteiger partial charge in [0.25, 0.3) is 5.91 Å². The van der Waals surface area contributed by atoms with Gasteiger partial charge in [-0.05, 0) is 70.2 Å². The van der Waals surface area contributed by atoms with E-state index in [1.165, 1.54) is 23.7 Å². The summed E-state index contributed by atoms with van der Waals surface area (Å²) in [6.45, 7) is 6.81. The number of hydrogen-bond donors (Lipinski definition) is 2. The number of imidazole rings is 1. The van der Waals surface area contributed by atoms with Gasteiger partial charge in [-0.25, -0.2) is 9.78 Å². The van der Waals surface area contributed by atoms with E-state index in [4.69, 9.17) is 14.5 Å². The minimum atomic E-state index is -0.733. The molecule has 226 valence electrons. The molecule has 2 aliphatic carbocycles. The first-order chi connectivity index (χ1) is 20.5. The van der Waals surface area contributed by atoms with Crippen LogP contribution in [0.2, 0.25) is 0 Å². The van der Waals surface area contributed by atoms with Gasteiger partial charge in [0, 0.05) is 42.5 Å². The molecule has 43 heavy (non-hydrogen) atoms. The van der Waals surface area contributed by atoms with Gasteiger partial charge >= 0.3 is 6.09 Å². The van der Waals surface area contributed by atoms with Gasteiger partial charge in [0.15, 0.2) is 5.82 Å². The van der Waals surface area contributed by atoms with Gasteiger partial charge in [0.2, 0.25) is 0 Å². The SMILES string of the molecule is COc1cc(C(=O)N2C[C@H]3C[C@H](O)[C@@H]2[C@@H]3NC(=O)OC(C)(C)C)cc2nc(-c3cc4ccccc4n3CC3CC3)n(C)c12. The molecule has 2 aromatic carbocycles. The van der Waals surface area contributed by atoms with Gasteiger partial charge in [-0.3, -0.25) is 4.79 Å². The Morgan fingerprint density at radius 1 is 1.14 bits per heavy atom. The van der Waals surface area contributed by atoms with Gasteiger partial charge in [-0.15, -0.1) is 0 Å². The van der Waals surface area contributed by atoms with E-state index < -0.39 is 23.8 Å². The second-order valence-corrected chi connectivity index (χ2v) is 13.4. The minimum Gasteiger partial charge on any atom is -0.494 e. The average Bonchev–Trinajstić information content (AvgIpc) is 3.36. The van der Waals surface area contributed by atoms with E-state index in [0.717, 1.165) is 23.6 Å². The number of likely N-dealkylation sites (tertiary alicyclic amines) is 1. The molecule has 3 heterocycles. The quantitative estimate of drug-likeness (QED) is 0.339. The van der Waals surface area contributed by atoms with Gasteiger partial charge in [0.1, 0.15) is 16.9 Å². The lowest BCUT2D eigenvalue weighted by Crippen LogP contribution is -2.51. The van der Waals surface area contributed by atoms with Crippen molar-refractivity contribution in [2.45, 2.75) is 70.4 Å². The number of carbonyl (C=O) groups is 2. The van der Waals surface area contributed by atoms with E-state index in [0.29, 0.717) is 35.7 Å². The Labute approximate surface area is 250 Å². The molecule has 4 atom stereocenters. The number of carbonyl (C=O) groups excluding carboxylic acids is 2. The smallest absolute Gasteiger partial charge is 0.407 e. The number of aromatic nitrogens is 3. The highest BCUT2D eigenvalue weighted by Crippen LogP contribution is 2.41. The average molecular weight is 586 g/mol. The summed E-state index contributed by atoms with van der Waals surface area (Å²) in [5.74, 6) is 1.77. The van der Waals surface area contributed by atoms with Gasteiger partial charge in [0.05, 0.1) is 36.5 Å². The van der Waals surface area contributed by atoms with E-state index in [1.54, 1.807) is 38.8 Å². The number of nitrogens with zero attached hydrogens (tertiary/aromatic N) is 4. The van der Waals surface area contributed by atoms with E-state index in [2.05, 4.69) is 40.2 Å². The molecule has 7 rings (SSSR count). The number of benzene rings is 2. The van der Waals surface area contributed by atoms with Crippen molar-refractivity contribution in [2.24, 2.45) is 18.9 Å². The van der Waals surface area contributed by atoms with Crippen molar-refractivity contribution in [3.63, 3.8) is 0 Å². The number of aryl methyl sites for hydroxylation is 1. The van der Waals surface area contributed by atoms with Crippen LogP contribution < -0.4 is 10.1 Å². The third-order valence-corrected chi connectivity index (χ3v) is 9.13. The predicted molar refractivity (Wildman–Crippen MR) is 163 cm³/mol. The lowest BCUT2D eigenvalue weighted by Gasteiger charge is -2.31. The molecular weight excluding hydrogens is 546 g/mol. The second kappa shape index (κ2) is 10.0. The predicted octanol–water partition coefficient (Wildman–Crippen LogP) is 4.71. The van der Waals surface area contributed by atoms with Crippen LogP contribution in [0.1, 0.15) is 50.4 Å². The van der Waals surface area contributed by atoms with E-state index in [9.17, 15) is 14.7 Å². The summed E-state index contributed by atoms with van der Waals surface area (Å²) in [4.78, 5) is 33.3. The summed E-state index contributed by atoms with van der Waals surface area (Å²) < 4.78 is 15.7. The summed E-state index contributed by atoms with van der Waals surface area (Å²) in [6.07, 6.45) is 1.74. The third-order valence-electron chi connectivity index (χ3n) is 9.13. The van der Waals surface area contributed by atoms with E-state index >= 15 is 0 Å². The lowest BCUT2D eigenvalue weighted by atomic mass is 10.1. The Hall–Kier alpha value is -4.05. The van der Waals surface area contributed by atoms with Crippen LogP contribution in [0, 0.1) is 11.8 Å². The van der Waals surface area contributed by atoms with Crippen LogP contribution in [0.3, 0.4) is 0 Å². The standard InChI is InChI=1S/C33H39N5O5/c1-33(2,3)43-32(41)35-27-21-14-25(39)29(27)38(17-21)31(40)20-12-22-28(26(15-20)42-5)36(4)30(34-22)24-13-19-8-6-7-9-23(19)37(24)16-18-10-11-18/h6-9,12-13,15,18,21,25,27,29,39H,10-11,14,16-17H2,1-5H3,(H,35,41)/t21-,25+,27-,29-/m1/s1. The summed E-state index contributed by atoms with van der Waals surface area (Å²) in [7, 11) is 3.58. The van der Waals surface area contributed by atoms with Crippen molar-refractivity contribution >= 4 is 33.9 Å². The molecule has 0 spiro atoms. The van der Waals surface area contributed by atoms with Gasteiger partial charge < -0.3 is 33.9 Å². The van der Waals surface area contributed by atoms with Crippen LogP contribution in [-0.2, 0) is 18.3 Å². The molecule has 3 fully saturated rings. The summed E-state index contributed by atoms with van der Waals surface area (Å²) in [5, 5.41) is 15.0. The molecule has 4 aromatic rings. The monoisotopic (exact) mass is 585 g/mol. The van der Waals surface area contributed by atoms with Crippen molar-refractivity contribution in [1.29, 1.82) is 0 Å². The topological polar surface area (TPSA) is 111 Å². The van der Waals surface area contributed by atoms with E-state index in [1.807, 2.05) is 17.7 Å². The number of amides is 2.